The molecule has 2 amide bonds. The van der Waals surface area contributed by atoms with Crippen molar-refractivity contribution in [2.24, 2.45) is 5.92 Å². The molecule has 3 heterocycles. The Labute approximate surface area is 216 Å². The lowest BCUT2D eigenvalue weighted by atomic mass is 10.0. The van der Waals surface area contributed by atoms with E-state index in [-0.39, 0.29) is 29.9 Å². The number of aromatic amines is 1. The average Bonchev–Trinajstić information content (AvgIpc) is 3.49. The molecule has 192 valence electrons. The van der Waals surface area contributed by atoms with Gasteiger partial charge in [0.05, 0.1) is 37.8 Å². The van der Waals surface area contributed by atoms with Crippen molar-refractivity contribution in [3.05, 3.63) is 77.7 Å². The summed E-state index contributed by atoms with van der Waals surface area (Å²) in [5.74, 6) is 0.686. The average molecular weight is 501 g/mol. The minimum absolute atomic E-state index is 0.0313. The molecule has 2 aliphatic heterocycles. The topological polar surface area (TPSA) is 96.6 Å². The van der Waals surface area contributed by atoms with Crippen LogP contribution >= 0.6 is 0 Å². The van der Waals surface area contributed by atoms with E-state index in [9.17, 15) is 9.59 Å². The normalized spacial score (nSPS) is 22.5. The van der Waals surface area contributed by atoms with Crippen LogP contribution in [0.5, 0.6) is 0 Å². The molecule has 2 N–H and O–H groups in total. The molecule has 6 rings (SSSR count). The number of amides is 2. The summed E-state index contributed by atoms with van der Waals surface area (Å²) in [5.41, 5.74) is 3.83. The van der Waals surface area contributed by atoms with Gasteiger partial charge in [-0.2, -0.15) is 0 Å². The fourth-order valence-corrected chi connectivity index (χ4v) is 5.23. The Hall–Kier alpha value is -3.49. The highest BCUT2D eigenvalue weighted by Gasteiger charge is 2.39. The fourth-order valence-electron chi connectivity index (χ4n) is 5.23. The summed E-state index contributed by atoms with van der Waals surface area (Å²) in [7, 11) is 0. The monoisotopic (exact) mass is 500 g/mol. The van der Waals surface area contributed by atoms with Crippen LogP contribution in [0, 0.1) is 5.92 Å². The third-order valence-electron chi connectivity index (χ3n) is 7.47. The first-order valence-corrected chi connectivity index (χ1v) is 13.2. The zero-order chi connectivity index (χ0) is 25.2. The van der Waals surface area contributed by atoms with Crippen LogP contribution in [0.3, 0.4) is 0 Å². The van der Waals surface area contributed by atoms with Gasteiger partial charge in [0.15, 0.2) is 0 Å². The number of benzene rings is 2. The zero-order valence-corrected chi connectivity index (χ0v) is 20.8. The highest BCUT2D eigenvalue weighted by molar-refractivity contribution is 5.90. The van der Waals surface area contributed by atoms with Gasteiger partial charge in [-0.15, -0.1) is 0 Å². The van der Waals surface area contributed by atoms with Gasteiger partial charge in [0, 0.05) is 12.5 Å². The number of imidazole rings is 1. The number of ether oxygens (including phenoxy) is 2. The number of nitrogens with zero attached hydrogens (tertiary/aromatic N) is 2. The summed E-state index contributed by atoms with van der Waals surface area (Å²) >= 11 is 0. The predicted molar refractivity (Wildman–Crippen MR) is 137 cm³/mol. The largest absolute Gasteiger partial charge is 0.376 e. The molecule has 3 atom stereocenters. The van der Waals surface area contributed by atoms with Gasteiger partial charge >= 0.3 is 0 Å². The minimum Gasteiger partial charge on any atom is -0.376 e. The van der Waals surface area contributed by atoms with E-state index in [1.54, 1.807) is 0 Å². The second kappa shape index (κ2) is 10.5. The highest BCUT2D eigenvalue weighted by atomic mass is 16.6. The lowest BCUT2D eigenvalue weighted by Crippen LogP contribution is -2.43. The van der Waals surface area contributed by atoms with Crippen molar-refractivity contribution in [2.45, 2.75) is 43.9 Å². The maximum absolute atomic E-state index is 13.8. The first-order chi connectivity index (χ1) is 18.2. The molecule has 0 bridgehead atoms. The van der Waals surface area contributed by atoms with Gasteiger partial charge in [0.2, 0.25) is 11.8 Å². The summed E-state index contributed by atoms with van der Waals surface area (Å²) in [4.78, 5) is 36.4. The smallest absolute Gasteiger partial charge is 0.250 e. The number of nitrogens with one attached hydrogen (secondary N) is 2. The maximum atomic E-state index is 13.8. The minimum atomic E-state index is -0.692. The Kier molecular flexibility index (Phi) is 6.76. The van der Waals surface area contributed by atoms with Crippen LogP contribution in [0.4, 0.5) is 0 Å². The number of hydrogen-bond donors (Lipinski definition) is 2. The van der Waals surface area contributed by atoms with Crippen LogP contribution in [-0.4, -0.2) is 53.0 Å². The second-order valence-corrected chi connectivity index (χ2v) is 10.1. The Morgan fingerprint density at radius 2 is 1.84 bits per heavy atom. The lowest BCUT2D eigenvalue weighted by Gasteiger charge is -2.28. The molecule has 3 fully saturated rings. The van der Waals surface area contributed by atoms with Crippen LogP contribution in [0.25, 0.3) is 11.3 Å². The first kappa shape index (κ1) is 23.9. The van der Waals surface area contributed by atoms with Crippen molar-refractivity contribution in [1.82, 2.24) is 20.2 Å². The van der Waals surface area contributed by atoms with Crippen molar-refractivity contribution in [3.63, 3.8) is 0 Å². The standard InChI is InChI=1S/C29H32N4O4/c34-28(22-12-13-22)32-26(21-5-2-1-3-6-21)29(35)33-14-4-7-24(33)27-30-17-23(31-27)19-8-10-20(11-9-19)25-18-36-15-16-37-25/h1-3,5-6,8-11,17,22,24-26H,4,7,12-16,18H2,(H,30,31)(H,32,34)/t24-,25?,26+/m1/s1. The van der Waals surface area contributed by atoms with E-state index < -0.39 is 6.04 Å². The number of carbonyl (C=O) groups is 2. The van der Waals surface area contributed by atoms with E-state index in [2.05, 4.69) is 39.6 Å². The Balaban J connectivity index is 1.19. The molecule has 2 aromatic carbocycles. The van der Waals surface area contributed by atoms with E-state index in [4.69, 9.17) is 9.47 Å². The quantitative estimate of drug-likeness (QED) is 0.509. The summed E-state index contributed by atoms with van der Waals surface area (Å²) in [5, 5.41) is 3.03. The molecule has 8 nitrogen and oxygen atoms in total. The number of H-pyrrole nitrogens is 1. The number of hydrogen-bond acceptors (Lipinski definition) is 5. The fraction of sp³-hybridized carbons (Fsp3) is 0.414. The summed E-state index contributed by atoms with van der Waals surface area (Å²) < 4.78 is 11.3. The van der Waals surface area contributed by atoms with Crippen LogP contribution in [0.2, 0.25) is 0 Å². The first-order valence-electron chi connectivity index (χ1n) is 13.2. The van der Waals surface area contributed by atoms with Crippen LogP contribution in [0.15, 0.2) is 60.8 Å². The van der Waals surface area contributed by atoms with Crippen LogP contribution in [0.1, 0.15) is 60.8 Å². The van der Waals surface area contributed by atoms with Crippen LogP contribution < -0.4 is 5.32 Å². The van der Waals surface area contributed by atoms with Crippen molar-refractivity contribution in [1.29, 1.82) is 0 Å². The van der Waals surface area contributed by atoms with Crippen molar-refractivity contribution in [3.8, 4) is 11.3 Å². The van der Waals surface area contributed by atoms with Gasteiger partial charge in [-0.05, 0) is 42.4 Å². The van der Waals surface area contributed by atoms with Crippen molar-refractivity contribution < 1.29 is 19.1 Å². The van der Waals surface area contributed by atoms with Gasteiger partial charge in [-0.25, -0.2) is 4.98 Å². The summed E-state index contributed by atoms with van der Waals surface area (Å²) in [6, 6.07) is 16.9. The van der Waals surface area contributed by atoms with Crippen LogP contribution in [-0.2, 0) is 19.1 Å². The molecule has 1 saturated carbocycles. The van der Waals surface area contributed by atoms with E-state index in [1.807, 2.05) is 41.4 Å². The van der Waals surface area contributed by atoms with E-state index >= 15 is 0 Å². The molecule has 0 spiro atoms. The molecule has 1 unspecified atom stereocenters. The Morgan fingerprint density at radius 1 is 1.03 bits per heavy atom. The molecule has 8 heteroatoms. The molecular weight excluding hydrogens is 468 g/mol. The third-order valence-corrected chi connectivity index (χ3v) is 7.47. The number of likely N-dealkylation sites (tertiary alicyclic amines) is 1. The maximum Gasteiger partial charge on any atom is 0.250 e. The van der Waals surface area contributed by atoms with Gasteiger partial charge in [0.1, 0.15) is 18.0 Å². The molecule has 37 heavy (non-hydrogen) atoms. The van der Waals surface area contributed by atoms with E-state index in [1.165, 1.54) is 0 Å². The number of carbonyl (C=O) groups excluding carboxylic acids is 2. The molecule has 1 aliphatic carbocycles. The van der Waals surface area contributed by atoms with Gasteiger partial charge in [-0.3, -0.25) is 9.59 Å². The summed E-state index contributed by atoms with van der Waals surface area (Å²) in [6.07, 6.45) is 5.31. The van der Waals surface area contributed by atoms with Crippen molar-refractivity contribution >= 4 is 11.8 Å². The molecule has 2 saturated heterocycles. The summed E-state index contributed by atoms with van der Waals surface area (Å²) in [6.45, 7) is 2.47. The SMILES string of the molecule is O=C(N[C@H](C(=O)N1CCC[C@@H]1c1ncc(-c2ccc(C3COCCO3)cc2)[nH]1)c1ccccc1)C1CC1. The predicted octanol–water partition coefficient (Wildman–Crippen LogP) is 4.10. The number of rotatable bonds is 7. The second-order valence-electron chi connectivity index (χ2n) is 10.1. The van der Waals surface area contributed by atoms with Gasteiger partial charge in [0.25, 0.3) is 0 Å². The molecular formula is C29H32N4O4. The zero-order valence-electron chi connectivity index (χ0n) is 20.8. The molecule has 3 aliphatic rings. The van der Waals surface area contributed by atoms with Gasteiger partial charge < -0.3 is 24.7 Å². The molecule has 1 aromatic heterocycles. The Bertz CT molecular complexity index is 1230. The third kappa shape index (κ3) is 5.17. The Morgan fingerprint density at radius 3 is 2.57 bits per heavy atom. The highest BCUT2D eigenvalue weighted by Crippen LogP contribution is 2.35. The number of aromatic nitrogens is 2. The van der Waals surface area contributed by atoms with Gasteiger partial charge in [-0.1, -0.05) is 54.6 Å². The van der Waals surface area contributed by atoms with E-state index in [0.717, 1.165) is 53.9 Å². The van der Waals surface area contributed by atoms with E-state index in [0.29, 0.717) is 26.4 Å². The molecule has 3 aromatic rings. The lowest BCUT2D eigenvalue weighted by molar-refractivity contribution is -0.137. The van der Waals surface area contributed by atoms with Crippen molar-refractivity contribution in [2.75, 3.05) is 26.4 Å². The molecule has 0 radical (unpaired) electrons.